The number of carbonyl (C=O) groups is 2. The summed E-state index contributed by atoms with van der Waals surface area (Å²) in [5.41, 5.74) is 2.80. The molecule has 0 bridgehead atoms. The third-order valence-electron chi connectivity index (χ3n) is 5.24. The fourth-order valence-electron chi connectivity index (χ4n) is 3.54. The van der Waals surface area contributed by atoms with Crippen LogP contribution in [0.3, 0.4) is 0 Å². The summed E-state index contributed by atoms with van der Waals surface area (Å²) in [4.78, 5) is 32.2. The van der Waals surface area contributed by atoms with E-state index in [0.29, 0.717) is 12.4 Å². The first-order valence-electron chi connectivity index (χ1n) is 9.63. The molecule has 2 N–H and O–H groups in total. The van der Waals surface area contributed by atoms with Crippen LogP contribution in [0, 0.1) is 0 Å². The lowest BCUT2D eigenvalue weighted by Crippen LogP contribution is -2.50. The van der Waals surface area contributed by atoms with Gasteiger partial charge in [0, 0.05) is 19.3 Å². The zero-order valence-corrected chi connectivity index (χ0v) is 16.7. The van der Waals surface area contributed by atoms with E-state index < -0.39 is 5.97 Å². The highest BCUT2D eigenvalue weighted by molar-refractivity contribution is 6.04. The highest BCUT2D eigenvalue weighted by atomic mass is 16.4. The summed E-state index contributed by atoms with van der Waals surface area (Å²) < 4.78 is 0. The number of aromatic carboxylic acids is 1. The van der Waals surface area contributed by atoms with Crippen LogP contribution in [0.2, 0.25) is 0 Å². The van der Waals surface area contributed by atoms with Gasteiger partial charge in [0.05, 0.1) is 11.3 Å². The van der Waals surface area contributed by atoms with E-state index in [1.807, 2.05) is 54.3 Å². The first-order chi connectivity index (χ1) is 14.4. The van der Waals surface area contributed by atoms with Gasteiger partial charge in [0.25, 0.3) is 0 Å². The van der Waals surface area contributed by atoms with Crippen LogP contribution in [-0.4, -0.2) is 35.1 Å². The van der Waals surface area contributed by atoms with Gasteiger partial charge in [-0.15, -0.1) is 0 Å². The molecule has 0 saturated heterocycles. The first-order valence-corrected chi connectivity index (χ1v) is 9.63. The highest BCUT2D eigenvalue weighted by Crippen LogP contribution is 2.36. The number of benzene rings is 2. The Balaban J connectivity index is 1.66. The van der Waals surface area contributed by atoms with Crippen molar-refractivity contribution in [2.75, 3.05) is 22.2 Å². The van der Waals surface area contributed by atoms with E-state index >= 15 is 0 Å². The van der Waals surface area contributed by atoms with Crippen LogP contribution in [0.4, 0.5) is 23.0 Å². The molecule has 2 aromatic carbocycles. The molecule has 0 spiro atoms. The number of likely N-dealkylation sites (N-methyl/N-ethyl adjacent to an activating group) is 1. The van der Waals surface area contributed by atoms with Gasteiger partial charge in [-0.25, -0.2) is 9.78 Å². The minimum absolute atomic E-state index is 0.0187. The number of carboxylic acid groups (broad SMARTS) is 1. The summed E-state index contributed by atoms with van der Waals surface area (Å²) >= 11 is 0. The summed E-state index contributed by atoms with van der Waals surface area (Å²) in [6, 6.07) is 19.8. The lowest BCUT2D eigenvalue weighted by Gasteiger charge is -2.39. The number of aromatic nitrogens is 1. The maximum Gasteiger partial charge on any atom is 0.335 e. The zero-order valence-electron chi connectivity index (χ0n) is 16.7. The highest BCUT2D eigenvalue weighted by Gasteiger charge is 2.34. The van der Waals surface area contributed by atoms with Crippen molar-refractivity contribution in [2.24, 2.45) is 0 Å². The molecule has 4 rings (SSSR count). The Morgan fingerprint density at radius 1 is 1.07 bits per heavy atom. The van der Waals surface area contributed by atoms with Gasteiger partial charge in [-0.2, -0.15) is 0 Å². The van der Waals surface area contributed by atoms with Crippen LogP contribution < -0.4 is 15.1 Å². The average molecular weight is 402 g/mol. The Morgan fingerprint density at radius 2 is 1.77 bits per heavy atom. The summed E-state index contributed by atoms with van der Waals surface area (Å²) in [5, 5.41) is 12.3. The molecule has 1 aromatic heterocycles. The van der Waals surface area contributed by atoms with Crippen molar-refractivity contribution in [3.63, 3.8) is 0 Å². The van der Waals surface area contributed by atoms with Gasteiger partial charge in [-0.05, 0) is 48.9 Å². The molecule has 3 aromatic rings. The van der Waals surface area contributed by atoms with E-state index in [0.717, 1.165) is 22.8 Å². The predicted octanol–water partition coefficient (Wildman–Crippen LogP) is 3.89. The van der Waals surface area contributed by atoms with E-state index in [1.165, 1.54) is 0 Å². The Bertz CT molecular complexity index is 1080. The quantitative estimate of drug-likeness (QED) is 0.673. The molecule has 2 heterocycles. The maximum absolute atomic E-state index is 12.7. The number of anilines is 4. The van der Waals surface area contributed by atoms with Gasteiger partial charge in [0.2, 0.25) is 5.91 Å². The van der Waals surface area contributed by atoms with Crippen LogP contribution >= 0.6 is 0 Å². The number of nitrogens with one attached hydrogen (secondary N) is 1. The number of carbonyl (C=O) groups excluding carboxylic acids is 1. The van der Waals surface area contributed by atoms with Crippen LogP contribution in [0.25, 0.3) is 0 Å². The largest absolute Gasteiger partial charge is 0.478 e. The topological polar surface area (TPSA) is 85.8 Å². The summed E-state index contributed by atoms with van der Waals surface area (Å²) in [6.45, 7) is 2.45. The van der Waals surface area contributed by atoms with E-state index in [4.69, 9.17) is 10.1 Å². The Labute approximate surface area is 174 Å². The van der Waals surface area contributed by atoms with Crippen LogP contribution in [0.5, 0.6) is 0 Å². The van der Waals surface area contributed by atoms with E-state index in [-0.39, 0.29) is 17.5 Å². The Kier molecular flexibility index (Phi) is 5.10. The zero-order chi connectivity index (χ0) is 21.3. The molecule has 0 unspecified atom stereocenters. The lowest BCUT2D eigenvalue weighted by atomic mass is 10.1. The van der Waals surface area contributed by atoms with E-state index in [2.05, 4.69) is 5.32 Å². The molecule has 1 atom stereocenters. The molecule has 0 aliphatic carbocycles. The van der Waals surface area contributed by atoms with E-state index in [9.17, 15) is 9.59 Å². The number of pyridine rings is 1. The van der Waals surface area contributed by atoms with Gasteiger partial charge in [-0.1, -0.05) is 30.3 Å². The predicted molar refractivity (Wildman–Crippen MR) is 116 cm³/mol. The maximum atomic E-state index is 12.7. The van der Waals surface area contributed by atoms with Crippen molar-refractivity contribution in [1.29, 1.82) is 0 Å². The number of carboxylic acids is 1. The summed E-state index contributed by atoms with van der Waals surface area (Å²) in [6.07, 6.45) is 0. The van der Waals surface area contributed by atoms with Crippen molar-refractivity contribution in [1.82, 2.24) is 4.98 Å². The first kappa shape index (κ1) is 19.4. The number of fused-ring (bicyclic) bond motifs is 1. The monoisotopic (exact) mass is 402 g/mol. The van der Waals surface area contributed by atoms with Crippen molar-refractivity contribution >= 4 is 34.9 Å². The number of rotatable bonds is 5. The van der Waals surface area contributed by atoms with Crippen molar-refractivity contribution in [2.45, 2.75) is 19.5 Å². The van der Waals surface area contributed by atoms with Crippen LogP contribution in [-0.2, 0) is 11.3 Å². The minimum Gasteiger partial charge on any atom is -0.478 e. The van der Waals surface area contributed by atoms with Crippen LogP contribution in [0.1, 0.15) is 22.8 Å². The minimum atomic E-state index is -0.966. The molecule has 0 fully saturated rings. The van der Waals surface area contributed by atoms with Gasteiger partial charge in [-0.3, -0.25) is 4.79 Å². The summed E-state index contributed by atoms with van der Waals surface area (Å²) in [7, 11) is 1.76. The van der Waals surface area contributed by atoms with Gasteiger partial charge >= 0.3 is 5.97 Å². The smallest absolute Gasteiger partial charge is 0.335 e. The van der Waals surface area contributed by atoms with Crippen molar-refractivity contribution in [3.05, 3.63) is 77.9 Å². The molecule has 7 nitrogen and oxygen atoms in total. The molecule has 1 aliphatic heterocycles. The van der Waals surface area contributed by atoms with Crippen LogP contribution in [0.15, 0.2) is 66.7 Å². The fourth-order valence-corrected chi connectivity index (χ4v) is 3.54. The lowest BCUT2D eigenvalue weighted by molar-refractivity contribution is -0.119. The fraction of sp³-hybridized carbons (Fsp3) is 0.174. The second-order valence-electron chi connectivity index (χ2n) is 7.23. The number of hydrogen-bond acceptors (Lipinski definition) is 5. The normalized spacial score (nSPS) is 15.7. The third-order valence-corrected chi connectivity index (χ3v) is 5.24. The standard InChI is InChI=1S/C23H22N4O3/c1-15-22(28)26(2)19-12-13-20(24-18-10-8-17(9-11-18)23(29)30)25-21(19)27(15)14-16-6-4-3-5-7-16/h3-13,15H,14H2,1-2H3,(H,24,25)(H,29,30)/t15-/m1/s1. The SMILES string of the molecule is C[C@@H]1C(=O)N(C)c2ccc(Nc3ccc(C(=O)O)cc3)nc2N1Cc1ccccc1. The molecule has 7 heteroatoms. The molecular weight excluding hydrogens is 380 g/mol. The second-order valence-corrected chi connectivity index (χ2v) is 7.23. The van der Waals surface area contributed by atoms with Gasteiger partial charge in [0.1, 0.15) is 11.9 Å². The Morgan fingerprint density at radius 3 is 2.43 bits per heavy atom. The van der Waals surface area contributed by atoms with Crippen molar-refractivity contribution < 1.29 is 14.7 Å². The average Bonchev–Trinajstić information content (AvgIpc) is 2.76. The van der Waals surface area contributed by atoms with E-state index in [1.54, 1.807) is 36.2 Å². The molecule has 0 saturated carbocycles. The number of nitrogens with zero attached hydrogens (tertiary/aromatic N) is 3. The van der Waals surface area contributed by atoms with Gasteiger partial charge < -0.3 is 20.2 Å². The number of amides is 1. The molecule has 152 valence electrons. The molecule has 1 amide bonds. The molecule has 30 heavy (non-hydrogen) atoms. The Hall–Kier alpha value is -3.87. The van der Waals surface area contributed by atoms with Gasteiger partial charge in [0.15, 0.2) is 5.82 Å². The second kappa shape index (κ2) is 7.87. The van der Waals surface area contributed by atoms with Crippen molar-refractivity contribution in [3.8, 4) is 0 Å². The molecule has 1 aliphatic rings. The molecule has 0 radical (unpaired) electrons. The number of hydrogen-bond donors (Lipinski definition) is 2. The molecular formula is C23H22N4O3. The third kappa shape index (κ3) is 3.69. The summed E-state index contributed by atoms with van der Waals surface area (Å²) in [5.74, 6) is 0.391.